The minimum atomic E-state index is 0.0517. The lowest BCUT2D eigenvalue weighted by molar-refractivity contribution is -0.117. The number of hydrogen-bond donors (Lipinski definition) is 2. The average molecular weight is 326 g/mol. The van der Waals surface area contributed by atoms with Gasteiger partial charge in [-0.2, -0.15) is 0 Å². The third-order valence-corrected chi connectivity index (χ3v) is 4.15. The highest BCUT2D eigenvalue weighted by atomic mass is 79.9. The van der Waals surface area contributed by atoms with Gasteiger partial charge < -0.3 is 10.6 Å². The van der Waals surface area contributed by atoms with Gasteiger partial charge in [-0.05, 0) is 37.6 Å². The lowest BCUT2D eigenvalue weighted by Gasteiger charge is -2.31. The number of amides is 1. The number of hydrogen-bond acceptors (Lipinski definition) is 3. The van der Waals surface area contributed by atoms with E-state index in [0.717, 1.165) is 35.4 Å². The Labute approximate surface area is 122 Å². The van der Waals surface area contributed by atoms with Crippen molar-refractivity contribution in [3.8, 4) is 0 Å². The monoisotopic (exact) mass is 325 g/mol. The molecule has 0 radical (unpaired) electrons. The number of halogens is 1. The van der Waals surface area contributed by atoms with Crippen molar-refractivity contribution >= 4 is 27.5 Å². The molecule has 4 nitrogen and oxygen atoms in total. The van der Waals surface area contributed by atoms with Crippen molar-refractivity contribution in [1.82, 2.24) is 10.2 Å². The van der Waals surface area contributed by atoms with Gasteiger partial charge in [-0.1, -0.05) is 15.9 Å². The van der Waals surface area contributed by atoms with Crippen molar-refractivity contribution in [2.75, 3.05) is 31.5 Å². The van der Waals surface area contributed by atoms with E-state index in [4.69, 9.17) is 0 Å². The van der Waals surface area contributed by atoms with Crippen LogP contribution in [0.3, 0.4) is 0 Å². The molecular weight excluding hydrogens is 306 g/mol. The van der Waals surface area contributed by atoms with Crippen LogP contribution in [0.4, 0.5) is 5.69 Å². The van der Waals surface area contributed by atoms with Gasteiger partial charge >= 0.3 is 0 Å². The minimum absolute atomic E-state index is 0.0517. The van der Waals surface area contributed by atoms with Gasteiger partial charge in [0.25, 0.3) is 0 Å². The molecule has 2 rings (SSSR count). The van der Waals surface area contributed by atoms with Gasteiger partial charge in [-0.25, -0.2) is 0 Å². The van der Waals surface area contributed by atoms with Gasteiger partial charge in [0.1, 0.15) is 0 Å². The van der Waals surface area contributed by atoms with Gasteiger partial charge in [-0.15, -0.1) is 0 Å². The van der Waals surface area contributed by atoms with Crippen LogP contribution < -0.4 is 10.6 Å². The van der Waals surface area contributed by atoms with Gasteiger partial charge in [0.05, 0.1) is 6.54 Å². The van der Waals surface area contributed by atoms with Crippen LogP contribution in [0.2, 0.25) is 0 Å². The molecule has 1 heterocycles. The molecule has 1 aromatic rings. The van der Waals surface area contributed by atoms with Crippen LogP contribution >= 0.6 is 15.9 Å². The fourth-order valence-corrected chi connectivity index (χ4v) is 2.53. The Hall–Kier alpha value is -0.910. The van der Waals surface area contributed by atoms with E-state index in [1.165, 1.54) is 0 Å². The molecule has 1 amide bonds. The largest absolute Gasteiger partial charge is 0.325 e. The topological polar surface area (TPSA) is 44.4 Å². The summed E-state index contributed by atoms with van der Waals surface area (Å²) in [6.07, 6.45) is 0. The predicted octanol–water partition coefficient (Wildman–Crippen LogP) is 1.99. The van der Waals surface area contributed by atoms with E-state index in [1.807, 2.05) is 25.1 Å². The maximum absolute atomic E-state index is 12.0. The number of benzene rings is 1. The molecule has 0 spiro atoms. The molecule has 1 saturated heterocycles. The van der Waals surface area contributed by atoms with Crippen LogP contribution in [-0.4, -0.2) is 43.0 Å². The molecule has 1 aromatic carbocycles. The van der Waals surface area contributed by atoms with Gasteiger partial charge in [0.2, 0.25) is 5.91 Å². The summed E-state index contributed by atoms with van der Waals surface area (Å²) in [4.78, 5) is 14.2. The molecule has 0 saturated carbocycles. The Bertz CT molecular complexity index is 464. The van der Waals surface area contributed by atoms with Crippen molar-refractivity contribution in [2.24, 2.45) is 0 Å². The van der Waals surface area contributed by atoms with Crippen LogP contribution in [0.1, 0.15) is 12.5 Å². The summed E-state index contributed by atoms with van der Waals surface area (Å²) in [6, 6.07) is 6.30. The second-order valence-corrected chi connectivity index (χ2v) is 5.96. The third-order valence-electron chi connectivity index (χ3n) is 3.26. The Kier molecular flexibility index (Phi) is 4.96. The van der Waals surface area contributed by atoms with E-state index in [0.29, 0.717) is 12.6 Å². The molecule has 1 aliphatic heterocycles. The lowest BCUT2D eigenvalue weighted by Crippen LogP contribution is -2.51. The highest BCUT2D eigenvalue weighted by molar-refractivity contribution is 9.10. The van der Waals surface area contributed by atoms with Crippen LogP contribution in [0.5, 0.6) is 0 Å². The first-order valence-corrected chi connectivity index (χ1v) is 7.35. The SMILES string of the molecule is Cc1cc(NC(=O)CN2CCNC(C)C2)ccc1Br. The number of carbonyl (C=O) groups is 1. The smallest absolute Gasteiger partial charge is 0.238 e. The molecular formula is C14H20BrN3O. The van der Waals surface area contributed by atoms with Crippen LogP contribution in [0.15, 0.2) is 22.7 Å². The Balaban J connectivity index is 1.88. The number of anilines is 1. The summed E-state index contributed by atoms with van der Waals surface area (Å²) in [7, 11) is 0. The van der Waals surface area contributed by atoms with Crippen molar-refractivity contribution in [1.29, 1.82) is 0 Å². The standard InChI is InChI=1S/C14H20BrN3O/c1-10-7-12(3-4-13(10)15)17-14(19)9-18-6-5-16-11(2)8-18/h3-4,7,11,16H,5-6,8-9H2,1-2H3,(H,17,19). The zero-order valence-electron chi connectivity index (χ0n) is 11.4. The number of nitrogens with zero attached hydrogens (tertiary/aromatic N) is 1. The van der Waals surface area contributed by atoms with Crippen molar-refractivity contribution in [3.63, 3.8) is 0 Å². The Morgan fingerprint density at radius 2 is 2.37 bits per heavy atom. The van der Waals surface area contributed by atoms with Crippen LogP contribution in [0.25, 0.3) is 0 Å². The van der Waals surface area contributed by atoms with E-state index in [-0.39, 0.29) is 5.91 Å². The van der Waals surface area contributed by atoms with Crippen LogP contribution in [-0.2, 0) is 4.79 Å². The second-order valence-electron chi connectivity index (χ2n) is 5.10. The van der Waals surface area contributed by atoms with Gasteiger partial charge in [0.15, 0.2) is 0 Å². The maximum Gasteiger partial charge on any atom is 0.238 e. The first kappa shape index (κ1) is 14.5. The number of nitrogens with one attached hydrogen (secondary N) is 2. The molecule has 0 aromatic heterocycles. The number of aryl methyl sites for hydroxylation is 1. The fourth-order valence-electron chi connectivity index (χ4n) is 2.28. The number of rotatable bonds is 3. The van der Waals surface area contributed by atoms with E-state index in [1.54, 1.807) is 0 Å². The van der Waals surface area contributed by atoms with Crippen LogP contribution in [0, 0.1) is 6.92 Å². The lowest BCUT2D eigenvalue weighted by atomic mass is 10.2. The molecule has 1 fully saturated rings. The number of piperazine rings is 1. The van der Waals surface area contributed by atoms with Crippen molar-refractivity contribution < 1.29 is 4.79 Å². The molecule has 2 N–H and O–H groups in total. The van der Waals surface area contributed by atoms with E-state index in [2.05, 4.69) is 38.4 Å². The van der Waals surface area contributed by atoms with E-state index in [9.17, 15) is 4.79 Å². The molecule has 104 valence electrons. The maximum atomic E-state index is 12.0. The number of carbonyl (C=O) groups excluding carboxylic acids is 1. The molecule has 0 aliphatic carbocycles. The summed E-state index contributed by atoms with van der Waals surface area (Å²) in [5.74, 6) is 0.0517. The summed E-state index contributed by atoms with van der Waals surface area (Å²) in [5, 5.41) is 6.32. The second kappa shape index (κ2) is 6.50. The zero-order chi connectivity index (χ0) is 13.8. The molecule has 19 heavy (non-hydrogen) atoms. The Morgan fingerprint density at radius 1 is 1.58 bits per heavy atom. The normalized spacial score (nSPS) is 20.3. The molecule has 1 unspecified atom stereocenters. The molecule has 1 aliphatic rings. The molecule has 0 bridgehead atoms. The predicted molar refractivity (Wildman–Crippen MR) is 81.4 cm³/mol. The first-order chi connectivity index (χ1) is 9.04. The van der Waals surface area contributed by atoms with E-state index < -0.39 is 0 Å². The van der Waals surface area contributed by atoms with Crippen molar-refractivity contribution in [2.45, 2.75) is 19.9 Å². The summed E-state index contributed by atoms with van der Waals surface area (Å²) >= 11 is 3.45. The van der Waals surface area contributed by atoms with Gasteiger partial charge in [0, 0.05) is 35.8 Å². The highest BCUT2D eigenvalue weighted by Crippen LogP contribution is 2.19. The highest BCUT2D eigenvalue weighted by Gasteiger charge is 2.17. The van der Waals surface area contributed by atoms with Gasteiger partial charge in [-0.3, -0.25) is 9.69 Å². The quantitative estimate of drug-likeness (QED) is 0.893. The first-order valence-electron chi connectivity index (χ1n) is 6.56. The molecule has 5 heteroatoms. The fraction of sp³-hybridized carbons (Fsp3) is 0.500. The third kappa shape index (κ3) is 4.30. The summed E-state index contributed by atoms with van der Waals surface area (Å²) in [6.45, 7) is 7.41. The van der Waals surface area contributed by atoms with Crippen molar-refractivity contribution in [3.05, 3.63) is 28.2 Å². The Morgan fingerprint density at radius 3 is 3.05 bits per heavy atom. The molecule has 1 atom stereocenters. The summed E-state index contributed by atoms with van der Waals surface area (Å²) < 4.78 is 1.06. The summed E-state index contributed by atoms with van der Waals surface area (Å²) in [5.41, 5.74) is 1.97. The van der Waals surface area contributed by atoms with E-state index >= 15 is 0 Å². The average Bonchev–Trinajstić information content (AvgIpc) is 2.34. The zero-order valence-corrected chi connectivity index (χ0v) is 13.0. The minimum Gasteiger partial charge on any atom is -0.325 e.